The molecule has 0 radical (unpaired) electrons. The van der Waals surface area contributed by atoms with Gasteiger partial charge in [0.25, 0.3) is 0 Å². The predicted octanol–water partition coefficient (Wildman–Crippen LogP) is 2.97. The lowest BCUT2D eigenvalue weighted by atomic mass is 10.1. The highest BCUT2D eigenvalue weighted by Gasteiger charge is 2.08. The van der Waals surface area contributed by atoms with Crippen LogP contribution in [0.1, 0.15) is 0 Å². The van der Waals surface area contributed by atoms with E-state index < -0.39 is 0 Å². The monoisotopic (exact) mass is 246 g/mol. The van der Waals surface area contributed by atoms with Crippen molar-refractivity contribution >= 4 is 21.8 Å². The van der Waals surface area contributed by atoms with Crippen LogP contribution in [0.4, 0.5) is 0 Å². The number of hydrogen-bond acceptors (Lipinski definition) is 3. The molecule has 2 aromatic carbocycles. The van der Waals surface area contributed by atoms with E-state index in [4.69, 9.17) is 0 Å². The third kappa shape index (κ3) is 1.50. The van der Waals surface area contributed by atoms with Gasteiger partial charge in [0.1, 0.15) is 5.52 Å². The summed E-state index contributed by atoms with van der Waals surface area (Å²) in [5.74, 6) is 0. The maximum Gasteiger partial charge on any atom is 0.131 e. The summed E-state index contributed by atoms with van der Waals surface area (Å²) in [5, 5.41) is 10.7. The zero-order chi connectivity index (χ0) is 12.7. The van der Waals surface area contributed by atoms with Gasteiger partial charge in [0.2, 0.25) is 0 Å². The molecule has 0 spiro atoms. The second-order valence-electron chi connectivity index (χ2n) is 4.36. The molecule has 0 aliphatic heterocycles. The molecule has 4 aromatic rings. The Kier molecular flexibility index (Phi) is 2.08. The van der Waals surface area contributed by atoms with E-state index in [1.807, 2.05) is 28.9 Å². The van der Waals surface area contributed by atoms with Crippen molar-refractivity contribution in [3.05, 3.63) is 60.9 Å². The van der Waals surface area contributed by atoms with Crippen molar-refractivity contribution in [3.8, 4) is 5.69 Å². The summed E-state index contributed by atoms with van der Waals surface area (Å²) in [5.41, 5.74) is 2.80. The first-order valence-corrected chi connectivity index (χ1v) is 6.07. The van der Waals surface area contributed by atoms with E-state index in [2.05, 4.69) is 39.6 Å². The van der Waals surface area contributed by atoms with E-state index in [1.165, 1.54) is 5.39 Å². The standard InChI is InChI=1S/C15H10N4/c1-2-6-12-11(4-1)5-3-7-14(12)19-15-8-9-16-10-13(15)17-18-19/h1-10H. The highest BCUT2D eigenvalue weighted by atomic mass is 15.4. The average Bonchev–Trinajstić information content (AvgIpc) is 2.90. The number of aromatic nitrogens is 4. The van der Waals surface area contributed by atoms with Crippen LogP contribution in [0.5, 0.6) is 0 Å². The van der Waals surface area contributed by atoms with E-state index in [0.717, 1.165) is 22.1 Å². The second kappa shape index (κ2) is 3.88. The predicted molar refractivity (Wildman–Crippen MR) is 74.2 cm³/mol. The Morgan fingerprint density at radius 1 is 0.895 bits per heavy atom. The average molecular weight is 246 g/mol. The molecule has 4 heteroatoms. The molecule has 0 aliphatic rings. The second-order valence-corrected chi connectivity index (χ2v) is 4.36. The van der Waals surface area contributed by atoms with Crippen LogP contribution < -0.4 is 0 Å². The van der Waals surface area contributed by atoms with E-state index >= 15 is 0 Å². The molecule has 0 amide bonds. The number of pyridine rings is 1. The molecule has 90 valence electrons. The van der Waals surface area contributed by atoms with Crippen molar-refractivity contribution < 1.29 is 0 Å². The summed E-state index contributed by atoms with van der Waals surface area (Å²) in [7, 11) is 0. The molecule has 4 nitrogen and oxygen atoms in total. The van der Waals surface area contributed by atoms with E-state index in [-0.39, 0.29) is 0 Å². The summed E-state index contributed by atoms with van der Waals surface area (Å²) in [6.45, 7) is 0. The van der Waals surface area contributed by atoms with Crippen LogP contribution in [0.2, 0.25) is 0 Å². The molecule has 0 unspecified atom stereocenters. The molecule has 0 fully saturated rings. The molecule has 2 aromatic heterocycles. The van der Waals surface area contributed by atoms with E-state index in [0.29, 0.717) is 0 Å². The van der Waals surface area contributed by atoms with Crippen molar-refractivity contribution in [1.29, 1.82) is 0 Å². The van der Waals surface area contributed by atoms with Crippen molar-refractivity contribution in [1.82, 2.24) is 20.0 Å². The Balaban J connectivity index is 2.10. The van der Waals surface area contributed by atoms with Gasteiger partial charge < -0.3 is 0 Å². The summed E-state index contributed by atoms with van der Waals surface area (Å²) < 4.78 is 1.86. The SMILES string of the molecule is c1ccc2c(-n3nnc4cnccc43)cccc2c1. The van der Waals surface area contributed by atoms with Crippen LogP contribution in [-0.2, 0) is 0 Å². The van der Waals surface area contributed by atoms with E-state index in [1.54, 1.807) is 12.4 Å². The van der Waals surface area contributed by atoms with Gasteiger partial charge in [0, 0.05) is 11.6 Å². The van der Waals surface area contributed by atoms with Gasteiger partial charge in [0.05, 0.1) is 17.4 Å². The lowest BCUT2D eigenvalue weighted by molar-refractivity contribution is 0.829. The number of nitrogens with zero attached hydrogens (tertiary/aromatic N) is 4. The van der Waals surface area contributed by atoms with Crippen LogP contribution in [0.3, 0.4) is 0 Å². The molecule has 0 aliphatic carbocycles. The molecule has 0 N–H and O–H groups in total. The van der Waals surface area contributed by atoms with Gasteiger partial charge in [-0.25, -0.2) is 4.68 Å². The van der Waals surface area contributed by atoms with Gasteiger partial charge >= 0.3 is 0 Å². The molecular formula is C15H10N4. The van der Waals surface area contributed by atoms with Crippen LogP contribution in [-0.4, -0.2) is 20.0 Å². The van der Waals surface area contributed by atoms with Crippen molar-refractivity contribution in [2.24, 2.45) is 0 Å². The summed E-state index contributed by atoms with van der Waals surface area (Å²) in [6, 6.07) is 16.4. The Hall–Kier alpha value is -2.75. The maximum atomic E-state index is 4.24. The fourth-order valence-electron chi connectivity index (χ4n) is 2.35. The topological polar surface area (TPSA) is 43.6 Å². The third-order valence-electron chi connectivity index (χ3n) is 3.24. The molecule has 4 rings (SSSR count). The minimum absolute atomic E-state index is 0.801. The molecule has 2 heterocycles. The molecule has 0 saturated heterocycles. The lowest BCUT2D eigenvalue weighted by Gasteiger charge is -2.06. The molecule has 0 bridgehead atoms. The minimum Gasteiger partial charge on any atom is -0.262 e. The quantitative estimate of drug-likeness (QED) is 0.518. The molecule has 0 atom stereocenters. The zero-order valence-corrected chi connectivity index (χ0v) is 10.1. The van der Waals surface area contributed by atoms with E-state index in [9.17, 15) is 0 Å². The fraction of sp³-hybridized carbons (Fsp3) is 0. The normalized spacial score (nSPS) is 11.2. The fourth-order valence-corrected chi connectivity index (χ4v) is 2.35. The molecule has 0 saturated carbocycles. The Labute approximate surface area is 109 Å². The van der Waals surface area contributed by atoms with Crippen LogP contribution in [0.25, 0.3) is 27.5 Å². The Morgan fingerprint density at radius 3 is 2.79 bits per heavy atom. The summed E-state index contributed by atoms with van der Waals surface area (Å²) >= 11 is 0. The number of fused-ring (bicyclic) bond motifs is 2. The van der Waals surface area contributed by atoms with Crippen LogP contribution >= 0.6 is 0 Å². The number of benzene rings is 2. The van der Waals surface area contributed by atoms with Crippen LogP contribution in [0.15, 0.2) is 60.9 Å². The molecule has 19 heavy (non-hydrogen) atoms. The first-order valence-electron chi connectivity index (χ1n) is 6.07. The van der Waals surface area contributed by atoms with Gasteiger partial charge in [-0.3, -0.25) is 4.98 Å². The highest BCUT2D eigenvalue weighted by molar-refractivity contribution is 5.91. The van der Waals surface area contributed by atoms with Gasteiger partial charge in [-0.1, -0.05) is 41.6 Å². The van der Waals surface area contributed by atoms with Gasteiger partial charge in [0.15, 0.2) is 0 Å². The highest BCUT2D eigenvalue weighted by Crippen LogP contribution is 2.23. The van der Waals surface area contributed by atoms with Gasteiger partial charge in [-0.2, -0.15) is 0 Å². The Morgan fingerprint density at radius 2 is 1.79 bits per heavy atom. The van der Waals surface area contributed by atoms with Crippen molar-refractivity contribution in [2.75, 3.05) is 0 Å². The smallest absolute Gasteiger partial charge is 0.131 e. The zero-order valence-electron chi connectivity index (χ0n) is 10.1. The third-order valence-corrected chi connectivity index (χ3v) is 3.24. The Bertz CT molecular complexity index is 874. The van der Waals surface area contributed by atoms with Crippen molar-refractivity contribution in [3.63, 3.8) is 0 Å². The summed E-state index contributed by atoms with van der Waals surface area (Å²) in [4.78, 5) is 4.07. The largest absolute Gasteiger partial charge is 0.262 e. The first-order chi connectivity index (χ1) is 9.43. The first kappa shape index (κ1) is 10.2. The van der Waals surface area contributed by atoms with Crippen molar-refractivity contribution in [2.45, 2.75) is 0 Å². The lowest BCUT2D eigenvalue weighted by Crippen LogP contribution is -1.97. The maximum absolute atomic E-state index is 4.24. The number of hydrogen-bond donors (Lipinski definition) is 0. The molecular weight excluding hydrogens is 236 g/mol. The van der Waals surface area contributed by atoms with Gasteiger partial charge in [-0.15, -0.1) is 5.10 Å². The summed E-state index contributed by atoms with van der Waals surface area (Å²) in [6.07, 6.45) is 3.48. The minimum atomic E-state index is 0.801. The van der Waals surface area contributed by atoms with Crippen LogP contribution in [0, 0.1) is 0 Å². The number of rotatable bonds is 1. The van der Waals surface area contributed by atoms with Gasteiger partial charge in [-0.05, 0) is 17.5 Å².